The maximum Gasteiger partial charge on any atom is 0.232 e. The molecule has 2 aliphatic rings. The number of carbonyl (C=O) groups is 2. The molecule has 1 aliphatic heterocycles. The summed E-state index contributed by atoms with van der Waals surface area (Å²) in [4.78, 5) is 28.3. The van der Waals surface area contributed by atoms with Crippen LogP contribution in [0.5, 0.6) is 0 Å². The first kappa shape index (κ1) is 19.4. The lowest BCUT2D eigenvalue weighted by atomic mass is 9.69. The highest BCUT2D eigenvalue weighted by atomic mass is 79.9. The Morgan fingerprint density at radius 1 is 1.04 bits per heavy atom. The average Bonchev–Trinajstić information content (AvgIpc) is 2.62. The second-order valence-corrected chi connectivity index (χ2v) is 9.58. The standard InChI is InChI=1S/C23H21BrClNO2/c1-23(2)12-19-22(20(27)13-23)16(14-7-9-15(25)10-8-14)11-21(28)26(19)18-6-4-3-5-17(18)24/h3-10,16H,11-13H2,1-2H3. The molecule has 1 amide bonds. The van der Waals surface area contributed by atoms with E-state index in [1.54, 1.807) is 4.90 Å². The van der Waals surface area contributed by atoms with Crippen LogP contribution in [0, 0.1) is 5.41 Å². The summed E-state index contributed by atoms with van der Waals surface area (Å²) >= 11 is 9.62. The molecule has 0 saturated heterocycles. The number of nitrogens with zero attached hydrogens (tertiary/aromatic N) is 1. The molecule has 2 aromatic carbocycles. The quantitative estimate of drug-likeness (QED) is 0.532. The van der Waals surface area contributed by atoms with Crippen LogP contribution in [0.4, 0.5) is 5.69 Å². The number of Topliss-reactive ketones (excluding diaryl/α,β-unsaturated/α-hetero) is 1. The van der Waals surface area contributed by atoms with Crippen LogP contribution in [-0.4, -0.2) is 11.7 Å². The van der Waals surface area contributed by atoms with Crippen LogP contribution in [0.2, 0.25) is 5.02 Å². The Kier molecular flexibility index (Phi) is 4.96. The third kappa shape index (κ3) is 3.44. The van der Waals surface area contributed by atoms with Gasteiger partial charge in [-0.25, -0.2) is 0 Å². The van der Waals surface area contributed by atoms with Crippen molar-refractivity contribution in [3.63, 3.8) is 0 Å². The average molecular weight is 459 g/mol. The predicted molar refractivity (Wildman–Crippen MR) is 115 cm³/mol. The summed E-state index contributed by atoms with van der Waals surface area (Å²) in [6, 6.07) is 15.2. The Morgan fingerprint density at radius 2 is 1.71 bits per heavy atom. The number of carbonyl (C=O) groups excluding carboxylic acids is 2. The lowest BCUT2D eigenvalue weighted by molar-refractivity contribution is -0.121. The highest BCUT2D eigenvalue weighted by molar-refractivity contribution is 9.10. The molecule has 1 unspecified atom stereocenters. The Labute approximate surface area is 178 Å². The highest BCUT2D eigenvalue weighted by Crippen LogP contribution is 2.49. The first-order chi connectivity index (χ1) is 13.3. The van der Waals surface area contributed by atoms with E-state index in [0.29, 0.717) is 17.9 Å². The number of hydrogen-bond donors (Lipinski definition) is 0. The SMILES string of the molecule is CC1(C)CC(=O)C2=C(C1)N(c1ccccc1Br)C(=O)CC2c1ccc(Cl)cc1. The normalized spacial score (nSPS) is 21.7. The van der Waals surface area contributed by atoms with Gasteiger partial charge in [0, 0.05) is 39.5 Å². The molecular formula is C23H21BrClNO2. The third-order valence-corrected chi connectivity index (χ3v) is 6.43. The second-order valence-electron chi connectivity index (χ2n) is 8.29. The van der Waals surface area contributed by atoms with E-state index in [1.165, 1.54) is 0 Å². The number of rotatable bonds is 2. The minimum atomic E-state index is -0.220. The minimum absolute atomic E-state index is 0.0103. The third-order valence-electron chi connectivity index (χ3n) is 5.51. The van der Waals surface area contributed by atoms with Crippen molar-refractivity contribution in [2.45, 2.75) is 39.0 Å². The fourth-order valence-electron chi connectivity index (χ4n) is 4.31. The lowest BCUT2D eigenvalue weighted by Crippen LogP contribution is -2.43. The minimum Gasteiger partial charge on any atom is -0.294 e. The van der Waals surface area contributed by atoms with Crippen LogP contribution in [0.3, 0.4) is 0 Å². The zero-order valence-corrected chi connectivity index (χ0v) is 18.2. The summed E-state index contributed by atoms with van der Waals surface area (Å²) in [7, 11) is 0. The van der Waals surface area contributed by atoms with Gasteiger partial charge in [0.25, 0.3) is 0 Å². The van der Waals surface area contributed by atoms with Crippen LogP contribution >= 0.6 is 27.5 Å². The van der Waals surface area contributed by atoms with Crippen molar-refractivity contribution >= 4 is 44.9 Å². The zero-order chi connectivity index (χ0) is 20.1. The summed E-state index contributed by atoms with van der Waals surface area (Å²) in [6.45, 7) is 4.17. The number of hydrogen-bond acceptors (Lipinski definition) is 2. The maximum atomic E-state index is 13.3. The van der Waals surface area contributed by atoms with Crippen molar-refractivity contribution in [2.24, 2.45) is 5.41 Å². The maximum absolute atomic E-state index is 13.3. The second kappa shape index (κ2) is 7.16. The van der Waals surface area contributed by atoms with Crippen molar-refractivity contribution < 1.29 is 9.59 Å². The van der Waals surface area contributed by atoms with Gasteiger partial charge >= 0.3 is 0 Å². The highest BCUT2D eigenvalue weighted by Gasteiger charge is 2.44. The van der Waals surface area contributed by atoms with E-state index in [4.69, 9.17) is 11.6 Å². The van der Waals surface area contributed by atoms with Gasteiger partial charge in [-0.15, -0.1) is 0 Å². The monoisotopic (exact) mass is 457 g/mol. The largest absolute Gasteiger partial charge is 0.294 e. The molecule has 4 rings (SSSR count). The van der Waals surface area contributed by atoms with Crippen LogP contribution in [0.1, 0.15) is 44.6 Å². The van der Waals surface area contributed by atoms with Gasteiger partial charge in [-0.05, 0) is 57.6 Å². The molecule has 0 N–H and O–H groups in total. The molecule has 5 heteroatoms. The molecule has 0 bridgehead atoms. The van der Waals surface area contributed by atoms with Gasteiger partial charge in [0.15, 0.2) is 5.78 Å². The fraction of sp³-hybridized carbons (Fsp3) is 0.304. The van der Waals surface area contributed by atoms with Crippen molar-refractivity contribution in [2.75, 3.05) is 4.90 Å². The summed E-state index contributed by atoms with van der Waals surface area (Å²) in [5.41, 5.74) is 3.18. The van der Waals surface area contributed by atoms with E-state index in [2.05, 4.69) is 29.8 Å². The van der Waals surface area contributed by atoms with Crippen molar-refractivity contribution in [1.82, 2.24) is 0 Å². The summed E-state index contributed by atoms with van der Waals surface area (Å²) in [6.07, 6.45) is 1.45. The Morgan fingerprint density at radius 3 is 2.39 bits per heavy atom. The van der Waals surface area contributed by atoms with E-state index in [9.17, 15) is 9.59 Å². The summed E-state index contributed by atoms with van der Waals surface area (Å²) < 4.78 is 0.843. The molecule has 0 radical (unpaired) electrons. The first-order valence-corrected chi connectivity index (χ1v) is 10.5. The predicted octanol–water partition coefficient (Wildman–Crippen LogP) is 6.27. The van der Waals surface area contributed by atoms with E-state index in [-0.39, 0.29) is 29.4 Å². The number of halogens is 2. The van der Waals surface area contributed by atoms with E-state index in [1.807, 2.05) is 48.5 Å². The zero-order valence-electron chi connectivity index (χ0n) is 15.8. The molecular weight excluding hydrogens is 438 g/mol. The van der Waals surface area contributed by atoms with Crippen LogP contribution in [-0.2, 0) is 9.59 Å². The van der Waals surface area contributed by atoms with Crippen LogP contribution in [0.25, 0.3) is 0 Å². The van der Waals surface area contributed by atoms with E-state index >= 15 is 0 Å². The molecule has 1 heterocycles. The van der Waals surface area contributed by atoms with Crippen molar-refractivity contribution in [1.29, 1.82) is 0 Å². The molecule has 2 aromatic rings. The number of benzene rings is 2. The summed E-state index contributed by atoms with van der Waals surface area (Å²) in [5, 5.41) is 0.644. The van der Waals surface area contributed by atoms with Gasteiger partial charge in [-0.3, -0.25) is 14.5 Å². The van der Waals surface area contributed by atoms with Gasteiger partial charge < -0.3 is 0 Å². The number of ketones is 1. The molecule has 1 atom stereocenters. The number of para-hydroxylation sites is 1. The topological polar surface area (TPSA) is 37.4 Å². The van der Waals surface area contributed by atoms with Crippen LogP contribution < -0.4 is 4.90 Å². The Bertz CT molecular complexity index is 994. The molecule has 1 aliphatic carbocycles. The summed E-state index contributed by atoms with van der Waals surface area (Å²) in [5.74, 6) is -0.0750. The number of amides is 1. The van der Waals surface area contributed by atoms with Crippen molar-refractivity contribution in [3.8, 4) is 0 Å². The molecule has 144 valence electrons. The molecule has 0 aromatic heterocycles. The lowest BCUT2D eigenvalue weighted by Gasteiger charge is -2.43. The molecule has 0 saturated carbocycles. The fourth-order valence-corrected chi connectivity index (χ4v) is 4.90. The van der Waals surface area contributed by atoms with Crippen molar-refractivity contribution in [3.05, 3.63) is 74.9 Å². The molecule has 28 heavy (non-hydrogen) atoms. The van der Waals surface area contributed by atoms with Gasteiger partial charge in [0.2, 0.25) is 5.91 Å². The molecule has 0 fully saturated rings. The van der Waals surface area contributed by atoms with Crippen LogP contribution in [0.15, 0.2) is 64.3 Å². The van der Waals surface area contributed by atoms with Gasteiger partial charge in [-0.1, -0.05) is 49.7 Å². The molecule has 3 nitrogen and oxygen atoms in total. The van der Waals surface area contributed by atoms with Gasteiger partial charge in [0.1, 0.15) is 0 Å². The number of allylic oxidation sites excluding steroid dienone is 2. The first-order valence-electron chi connectivity index (χ1n) is 9.36. The van der Waals surface area contributed by atoms with E-state index in [0.717, 1.165) is 27.0 Å². The number of anilines is 1. The van der Waals surface area contributed by atoms with Gasteiger partial charge in [0.05, 0.1) is 5.69 Å². The van der Waals surface area contributed by atoms with E-state index < -0.39 is 0 Å². The Balaban J connectivity index is 1.91. The van der Waals surface area contributed by atoms with Gasteiger partial charge in [-0.2, -0.15) is 0 Å². The molecule has 0 spiro atoms. The smallest absolute Gasteiger partial charge is 0.232 e. The Hall–Kier alpha value is -1.91.